The summed E-state index contributed by atoms with van der Waals surface area (Å²) < 4.78 is 7.25. The number of hydrogen-bond acceptors (Lipinski definition) is 3. The maximum absolute atomic E-state index is 12.4. The number of aryl methyl sites for hydroxylation is 1. The summed E-state index contributed by atoms with van der Waals surface area (Å²) in [5, 5.41) is 11.7. The highest BCUT2D eigenvalue weighted by atomic mass is 127. The summed E-state index contributed by atoms with van der Waals surface area (Å²) in [4.78, 5) is 12.4. The van der Waals surface area contributed by atoms with Crippen LogP contribution in [-0.4, -0.2) is 0 Å². The van der Waals surface area contributed by atoms with Gasteiger partial charge in [-0.15, -0.1) is 29.7 Å². The van der Waals surface area contributed by atoms with E-state index in [0.717, 1.165) is 5.69 Å². The second-order valence-electron chi connectivity index (χ2n) is 4.33. The highest BCUT2D eigenvalue weighted by Gasteiger charge is 2.15. The first-order valence-corrected chi connectivity index (χ1v) is 5.84. The number of nitrogens with zero attached hydrogens (tertiary/aromatic N) is 1. The van der Waals surface area contributed by atoms with Gasteiger partial charge in [-0.05, 0) is 18.2 Å². The van der Waals surface area contributed by atoms with Crippen LogP contribution in [0.2, 0.25) is 0 Å². The molecule has 0 aliphatic rings. The molecule has 3 aromatic rings. The molecule has 102 valence electrons. The van der Waals surface area contributed by atoms with Crippen molar-refractivity contribution in [3.63, 3.8) is 0 Å². The van der Waals surface area contributed by atoms with E-state index in [2.05, 4.69) is 0 Å². The first kappa shape index (κ1) is 14.5. The molecular weight excluding hydrogens is 369 g/mol. The van der Waals surface area contributed by atoms with Gasteiger partial charge in [0, 0.05) is 12.1 Å². The number of hydrogen-bond donors (Lipinski definition) is 0. The normalized spacial score (nSPS) is 10.2. The maximum atomic E-state index is 12.4. The van der Waals surface area contributed by atoms with Gasteiger partial charge in [-0.1, -0.05) is 6.07 Å². The predicted octanol–water partition coefficient (Wildman–Crippen LogP) is 1.98. The van der Waals surface area contributed by atoms with Gasteiger partial charge < -0.3 is 9.52 Å². The second kappa shape index (κ2) is 5.62. The minimum Gasteiger partial charge on any atom is -0.872 e. The molecule has 20 heavy (non-hydrogen) atoms. The van der Waals surface area contributed by atoms with E-state index in [1.807, 2.05) is 36.0 Å². The lowest BCUT2D eigenvalue weighted by Crippen LogP contribution is -2.31. The Labute approximate surface area is 132 Å². The third-order valence-electron chi connectivity index (χ3n) is 3.08. The van der Waals surface area contributed by atoms with Crippen molar-refractivity contribution < 1.29 is 14.1 Å². The zero-order valence-electron chi connectivity index (χ0n) is 10.7. The molecule has 2 aromatic heterocycles. The van der Waals surface area contributed by atoms with Gasteiger partial charge in [-0.2, -0.15) is 0 Å². The predicted molar refractivity (Wildman–Crippen MR) is 84.0 cm³/mol. The summed E-state index contributed by atoms with van der Waals surface area (Å²) in [5.74, 6) is -0.173. The number of fused-ring (bicyclic) bond motifs is 1. The molecule has 0 N–H and O–H groups in total. The minimum atomic E-state index is -0.173. The molecular formula is C15H12INO3. The molecule has 0 aliphatic heterocycles. The molecule has 1 aromatic carbocycles. The Kier molecular flexibility index (Phi) is 4.08. The largest absolute Gasteiger partial charge is 0.872 e. The number of pyridine rings is 1. The Bertz CT molecular complexity index is 827. The van der Waals surface area contributed by atoms with Crippen molar-refractivity contribution in [3.05, 3.63) is 59.1 Å². The third kappa shape index (κ3) is 2.40. The molecule has 0 atom stereocenters. The smallest absolute Gasteiger partial charge is 0.219 e. The van der Waals surface area contributed by atoms with E-state index in [1.54, 1.807) is 0 Å². The van der Waals surface area contributed by atoms with Gasteiger partial charge in [0.25, 0.3) is 0 Å². The molecule has 5 heteroatoms. The first-order chi connectivity index (χ1) is 9.16. The summed E-state index contributed by atoms with van der Waals surface area (Å²) in [7, 11) is 1.86. The van der Waals surface area contributed by atoms with E-state index in [4.69, 9.17) is 4.42 Å². The van der Waals surface area contributed by atoms with Gasteiger partial charge in [0.2, 0.25) is 11.1 Å². The molecule has 4 nitrogen and oxygen atoms in total. The molecule has 0 bridgehead atoms. The fraction of sp³-hybridized carbons (Fsp3) is 0.0667. The summed E-state index contributed by atoms with van der Waals surface area (Å²) in [5.41, 5.74) is 1.43. The van der Waals surface area contributed by atoms with E-state index < -0.39 is 0 Å². The molecule has 0 saturated heterocycles. The van der Waals surface area contributed by atoms with E-state index in [0.29, 0.717) is 16.5 Å². The van der Waals surface area contributed by atoms with Crippen LogP contribution in [0.3, 0.4) is 0 Å². The lowest BCUT2D eigenvalue weighted by atomic mass is 10.1. The first-order valence-electron chi connectivity index (χ1n) is 5.84. The summed E-state index contributed by atoms with van der Waals surface area (Å²) in [6.07, 6.45) is 3.26. The summed E-state index contributed by atoms with van der Waals surface area (Å²) >= 11 is 0. The Morgan fingerprint density at radius 2 is 2.00 bits per heavy atom. The van der Waals surface area contributed by atoms with Crippen LogP contribution in [0.1, 0.15) is 0 Å². The van der Waals surface area contributed by atoms with Crippen LogP contribution in [0.4, 0.5) is 0 Å². The van der Waals surface area contributed by atoms with Crippen LogP contribution >= 0.6 is 24.0 Å². The molecule has 0 fully saturated rings. The number of aromatic nitrogens is 1. The Balaban J connectivity index is 0.00000147. The SMILES string of the molecule is C[n+]1ccccc1-c1coc2cc([O-])ccc2c1=O.I. The van der Waals surface area contributed by atoms with Crippen LogP contribution < -0.4 is 15.1 Å². The van der Waals surface area contributed by atoms with Gasteiger partial charge >= 0.3 is 0 Å². The number of benzene rings is 1. The summed E-state index contributed by atoms with van der Waals surface area (Å²) in [6, 6.07) is 9.80. The lowest BCUT2D eigenvalue weighted by molar-refractivity contribution is -0.660. The Hall–Kier alpha value is -1.89. The van der Waals surface area contributed by atoms with Crippen LogP contribution in [0.15, 0.2) is 58.1 Å². The highest BCUT2D eigenvalue weighted by Crippen LogP contribution is 2.19. The molecule has 0 aliphatic carbocycles. The van der Waals surface area contributed by atoms with E-state index in [1.165, 1.54) is 24.5 Å². The number of rotatable bonds is 1. The molecule has 0 spiro atoms. The second-order valence-corrected chi connectivity index (χ2v) is 4.33. The van der Waals surface area contributed by atoms with Crippen molar-refractivity contribution >= 4 is 34.9 Å². The van der Waals surface area contributed by atoms with Gasteiger partial charge in [0.05, 0.1) is 5.39 Å². The zero-order valence-corrected chi connectivity index (χ0v) is 13.0. The van der Waals surface area contributed by atoms with E-state index in [-0.39, 0.29) is 35.2 Å². The fourth-order valence-corrected chi connectivity index (χ4v) is 2.09. The van der Waals surface area contributed by atoms with Gasteiger partial charge in [-0.3, -0.25) is 4.79 Å². The van der Waals surface area contributed by atoms with E-state index in [9.17, 15) is 9.90 Å². The van der Waals surface area contributed by atoms with Gasteiger partial charge in [0.15, 0.2) is 6.20 Å². The van der Waals surface area contributed by atoms with Crippen molar-refractivity contribution in [1.82, 2.24) is 0 Å². The van der Waals surface area contributed by atoms with Crippen molar-refractivity contribution in [3.8, 4) is 17.0 Å². The molecule has 0 saturated carbocycles. The monoisotopic (exact) mass is 381 g/mol. The average molecular weight is 381 g/mol. The fourth-order valence-electron chi connectivity index (χ4n) is 2.09. The van der Waals surface area contributed by atoms with Gasteiger partial charge in [-0.25, -0.2) is 4.57 Å². The van der Waals surface area contributed by atoms with Crippen molar-refractivity contribution in [2.24, 2.45) is 7.05 Å². The average Bonchev–Trinajstić information content (AvgIpc) is 2.40. The molecule has 3 rings (SSSR count). The number of halogens is 1. The van der Waals surface area contributed by atoms with Crippen LogP contribution in [0, 0.1) is 0 Å². The zero-order chi connectivity index (χ0) is 13.4. The minimum absolute atomic E-state index is 0. The lowest BCUT2D eigenvalue weighted by Gasteiger charge is -2.06. The van der Waals surface area contributed by atoms with Crippen molar-refractivity contribution in [1.29, 1.82) is 0 Å². The van der Waals surface area contributed by atoms with Crippen LogP contribution in [-0.2, 0) is 7.05 Å². The molecule has 0 radical (unpaired) electrons. The molecule has 0 amide bonds. The van der Waals surface area contributed by atoms with Crippen LogP contribution in [0.5, 0.6) is 5.75 Å². The standard InChI is InChI=1S/C15H11NO3.HI/c1-16-7-3-2-4-13(16)12-9-19-14-8-10(17)5-6-11(14)15(12)18;/h2-9H,1H3;1H. The maximum Gasteiger partial charge on any atom is 0.219 e. The Morgan fingerprint density at radius 3 is 2.75 bits per heavy atom. The van der Waals surface area contributed by atoms with Crippen LogP contribution in [0.25, 0.3) is 22.2 Å². The summed E-state index contributed by atoms with van der Waals surface area (Å²) in [6.45, 7) is 0. The topological polar surface area (TPSA) is 57.1 Å². The molecule has 2 heterocycles. The van der Waals surface area contributed by atoms with Gasteiger partial charge in [0.1, 0.15) is 24.5 Å². The Morgan fingerprint density at radius 1 is 1.20 bits per heavy atom. The molecule has 0 unspecified atom stereocenters. The van der Waals surface area contributed by atoms with E-state index >= 15 is 0 Å². The van der Waals surface area contributed by atoms with Crippen molar-refractivity contribution in [2.75, 3.05) is 0 Å². The third-order valence-corrected chi connectivity index (χ3v) is 3.08. The highest BCUT2D eigenvalue weighted by molar-refractivity contribution is 14.0. The van der Waals surface area contributed by atoms with Crippen molar-refractivity contribution in [2.45, 2.75) is 0 Å². The quantitative estimate of drug-likeness (QED) is 0.479.